The van der Waals surface area contributed by atoms with Crippen LogP contribution in [0.2, 0.25) is 0 Å². The standard InChI is InChI=1S/C10H12FNO2/c11-5-6-14-10(13)7-8-1-3-9(12)4-2-8/h1-4H,5-7,12H2. The summed E-state index contributed by atoms with van der Waals surface area (Å²) in [5, 5.41) is 0. The number of hydrogen-bond acceptors (Lipinski definition) is 3. The fraction of sp³-hybridized carbons (Fsp3) is 0.300. The summed E-state index contributed by atoms with van der Waals surface area (Å²) in [7, 11) is 0. The van der Waals surface area contributed by atoms with Gasteiger partial charge in [-0.1, -0.05) is 12.1 Å². The fourth-order valence-electron chi connectivity index (χ4n) is 1.01. The number of alkyl halides is 1. The smallest absolute Gasteiger partial charge is 0.310 e. The molecule has 0 bridgehead atoms. The highest BCUT2D eigenvalue weighted by atomic mass is 19.1. The summed E-state index contributed by atoms with van der Waals surface area (Å²) in [5.74, 6) is -0.424. The van der Waals surface area contributed by atoms with Crippen LogP contribution in [0.3, 0.4) is 0 Å². The lowest BCUT2D eigenvalue weighted by molar-refractivity contribution is -0.143. The van der Waals surface area contributed by atoms with E-state index in [1.54, 1.807) is 24.3 Å². The average Bonchev–Trinajstić information content (AvgIpc) is 2.18. The van der Waals surface area contributed by atoms with Crippen LogP contribution in [-0.2, 0) is 16.0 Å². The molecule has 3 nitrogen and oxygen atoms in total. The van der Waals surface area contributed by atoms with Gasteiger partial charge >= 0.3 is 5.97 Å². The summed E-state index contributed by atoms with van der Waals surface area (Å²) < 4.78 is 16.2. The van der Waals surface area contributed by atoms with Gasteiger partial charge in [-0.2, -0.15) is 0 Å². The first-order chi connectivity index (χ1) is 6.72. The predicted octanol–water partition coefficient (Wildman–Crippen LogP) is 1.32. The van der Waals surface area contributed by atoms with Crippen molar-refractivity contribution in [3.63, 3.8) is 0 Å². The van der Waals surface area contributed by atoms with Gasteiger partial charge < -0.3 is 10.5 Å². The van der Waals surface area contributed by atoms with Crippen molar-refractivity contribution in [2.24, 2.45) is 0 Å². The van der Waals surface area contributed by atoms with Crippen molar-refractivity contribution in [1.82, 2.24) is 0 Å². The third kappa shape index (κ3) is 3.43. The van der Waals surface area contributed by atoms with Gasteiger partial charge in [-0.05, 0) is 17.7 Å². The molecule has 0 amide bonds. The molecule has 0 heterocycles. The molecule has 14 heavy (non-hydrogen) atoms. The molecule has 0 unspecified atom stereocenters. The number of nitrogens with two attached hydrogens (primary N) is 1. The summed E-state index contributed by atoms with van der Waals surface area (Å²) in [6.45, 7) is -0.818. The fourth-order valence-corrected chi connectivity index (χ4v) is 1.01. The molecule has 0 spiro atoms. The van der Waals surface area contributed by atoms with Gasteiger partial charge in [0.2, 0.25) is 0 Å². The summed E-state index contributed by atoms with van der Waals surface area (Å²) in [4.78, 5) is 11.0. The molecular formula is C10H12FNO2. The van der Waals surface area contributed by atoms with E-state index in [2.05, 4.69) is 4.74 Å². The second-order valence-corrected chi connectivity index (χ2v) is 2.83. The maximum Gasteiger partial charge on any atom is 0.310 e. The number of carbonyl (C=O) groups is 1. The van der Waals surface area contributed by atoms with Crippen LogP contribution in [-0.4, -0.2) is 19.3 Å². The third-order valence-electron chi connectivity index (χ3n) is 1.67. The molecule has 1 aromatic rings. The number of nitrogen functional groups attached to an aromatic ring is 1. The van der Waals surface area contributed by atoms with E-state index < -0.39 is 12.6 Å². The highest BCUT2D eigenvalue weighted by Gasteiger charge is 2.03. The van der Waals surface area contributed by atoms with Crippen LogP contribution in [0.15, 0.2) is 24.3 Å². The van der Waals surface area contributed by atoms with Crippen molar-refractivity contribution in [3.8, 4) is 0 Å². The Morgan fingerprint density at radius 3 is 2.57 bits per heavy atom. The number of benzene rings is 1. The Hall–Kier alpha value is -1.58. The van der Waals surface area contributed by atoms with Gasteiger partial charge in [0.1, 0.15) is 13.3 Å². The summed E-state index contributed by atoms with van der Waals surface area (Å²) in [6.07, 6.45) is 0.153. The Morgan fingerprint density at radius 1 is 1.36 bits per heavy atom. The lowest BCUT2D eigenvalue weighted by atomic mass is 10.1. The molecule has 1 rings (SSSR count). The van der Waals surface area contributed by atoms with E-state index in [0.717, 1.165) is 5.56 Å². The molecule has 2 N–H and O–H groups in total. The minimum atomic E-state index is -0.645. The first-order valence-electron chi connectivity index (χ1n) is 4.28. The predicted molar refractivity (Wildman–Crippen MR) is 51.5 cm³/mol. The SMILES string of the molecule is Nc1ccc(CC(=O)OCCF)cc1. The maximum absolute atomic E-state index is 11.7. The van der Waals surface area contributed by atoms with E-state index in [1.165, 1.54) is 0 Å². The van der Waals surface area contributed by atoms with E-state index >= 15 is 0 Å². The third-order valence-corrected chi connectivity index (χ3v) is 1.67. The van der Waals surface area contributed by atoms with Crippen molar-refractivity contribution in [1.29, 1.82) is 0 Å². The van der Waals surface area contributed by atoms with Gasteiger partial charge in [0.05, 0.1) is 6.42 Å². The van der Waals surface area contributed by atoms with Gasteiger partial charge in [-0.3, -0.25) is 4.79 Å². The molecule has 0 atom stereocenters. The van der Waals surface area contributed by atoms with E-state index in [-0.39, 0.29) is 13.0 Å². The molecule has 0 aromatic heterocycles. The Labute approximate surface area is 81.7 Å². The van der Waals surface area contributed by atoms with Crippen LogP contribution in [0, 0.1) is 0 Å². The quantitative estimate of drug-likeness (QED) is 0.585. The zero-order valence-electron chi connectivity index (χ0n) is 7.70. The molecule has 0 fully saturated rings. The van der Waals surface area contributed by atoms with Crippen LogP contribution in [0.1, 0.15) is 5.56 Å². The molecule has 0 saturated heterocycles. The van der Waals surface area contributed by atoms with Crippen molar-refractivity contribution in [2.45, 2.75) is 6.42 Å². The molecule has 4 heteroatoms. The number of anilines is 1. The summed E-state index contributed by atoms with van der Waals surface area (Å²) in [6, 6.07) is 6.90. The number of carbonyl (C=O) groups excluding carboxylic acids is 1. The van der Waals surface area contributed by atoms with Crippen molar-refractivity contribution in [2.75, 3.05) is 19.0 Å². The number of halogens is 1. The summed E-state index contributed by atoms with van der Waals surface area (Å²) >= 11 is 0. The lowest BCUT2D eigenvalue weighted by Gasteiger charge is -2.02. The Balaban J connectivity index is 2.44. The lowest BCUT2D eigenvalue weighted by Crippen LogP contribution is -2.09. The average molecular weight is 197 g/mol. The van der Waals surface area contributed by atoms with Gasteiger partial charge in [-0.15, -0.1) is 0 Å². The Kier molecular flexibility index (Phi) is 3.91. The Morgan fingerprint density at radius 2 is 2.00 bits per heavy atom. The van der Waals surface area contributed by atoms with Crippen molar-refractivity contribution >= 4 is 11.7 Å². The van der Waals surface area contributed by atoms with Gasteiger partial charge in [0.25, 0.3) is 0 Å². The minimum absolute atomic E-state index is 0.153. The van der Waals surface area contributed by atoms with Crippen LogP contribution in [0.4, 0.5) is 10.1 Å². The first-order valence-corrected chi connectivity index (χ1v) is 4.28. The number of esters is 1. The zero-order valence-corrected chi connectivity index (χ0v) is 7.70. The molecule has 0 aliphatic rings. The highest BCUT2D eigenvalue weighted by molar-refractivity contribution is 5.72. The van der Waals surface area contributed by atoms with Crippen molar-refractivity contribution < 1.29 is 13.9 Å². The molecule has 0 aliphatic heterocycles. The number of hydrogen-bond donors (Lipinski definition) is 1. The maximum atomic E-state index is 11.7. The van der Waals surface area contributed by atoms with Gasteiger partial charge in [0.15, 0.2) is 0 Å². The molecule has 0 saturated carbocycles. The number of ether oxygens (including phenoxy) is 1. The normalized spacial score (nSPS) is 9.79. The molecule has 0 aliphatic carbocycles. The van der Waals surface area contributed by atoms with Crippen LogP contribution in [0.25, 0.3) is 0 Å². The van der Waals surface area contributed by atoms with Gasteiger partial charge in [-0.25, -0.2) is 4.39 Å². The van der Waals surface area contributed by atoms with E-state index in [0.29, 0.717) is 5.69 Å². The molecule has 1 aromatic carbocycles. The van der Waals surface area contributed by atoms with Crippen LogP contribution < -0.4 is 5.73 Å². The summed E-state index contributed by atoms with van der Waals surface area (Å²) in [5.41, 5.74) is 6.92. The minimum Gasteiger partial charge on any atom is -0.463 e. The van der Waals surface area contributed by atoms with E-state index in [1.807, 2.05) is 0 Å². The molecule has 0 radical (unpaired) electrons. The zero-order chi connectivity index (χ0) is 10.4. The second kappa shape index (κ2) is 5.21. The second-order valence-electron chi connectivity index (χ2n) is 2.83. The van der Waals surface area contributed by atoms with E-state index in [9.17, 15) is 9.18 Å². The van der Waals surface area contributed by atoms with Gasteiger partial charge in [0, 0.05) is 5.69 Å². The topological polar surface area (TPSA) is 52.3 Å². The molecular weight excluding hydrogens is 185 g/mol. The largest absolute Gasteiger partial charge is 0.463 e. The monoisotopic (exact) mass is 197 g/mol. The van der Waals surface area contributed by atoms with Crippen LogP contribution in [0.5, 0.6) is 0 Å². The highest BCUT2D eigenvalue weighted by Crippen LogP contribution is 2.06. The van der Waals surface area contributed by atoms with Crippen molar-refractivity contribution in [3.05, 3.63) is 29.8 Å². The number of rotatable bonds is 4. The molecule has 76 valence electrons. The Bertz CT molecular complexity index is 297. The first kappa shape index (κ1) is 10.5. The van der Waals surface area contributed by atoms with Crippen LogP contribution >= 0.6 is 0 Å². The van der Waals surface area contributed by atoms with E-state index in [4.69, 9.17) is 5.73 Å².